The van der Waals surface area contributed by atoms with E-state index in [4.69, 9.17) is 0 Å². The first-order valence-corrected chi connectivity index (χ1v) is 8.67. The highest BCUT2D eigenvalue weighted by atomic mass is 15.1. The maximum Gasteiger partial charge on any atom is 0.00355 e. The van der Waals surface area contributed by atoms with Crippen molar-refractivity contribution in [3.63, 3.8) is 0 Å². The lowest BCUT2D eigenvalue weighted by atomic mass is 9.83. The van der Waals surface area contributed by atoms with Gasteiger partial charge in [-0.25, -0.2) is 0 Å². The molecule has 2 heteroatoms. The molecule has 0 spiro atoms. The second kappa shape index (κ2) is 8.55. The lowest BCUT2D eigenvalue weighted by molar-refractivity contribution is 0.268. The molecule has 0 amide bonds. The molecule has 1 aromatic carbocycles. The van der Waals surface area contributed by atoms with E-state index in [2.05, 4.69) is 55.4 Å². The summed E-state index contributed by atoms with van der Waals surface area (Å²) in [5, 5.41) is 3.68. The monoisotopic (exact) mass is 288 g/mol. The molecule has 2 nitrogen and oxygen atoms in total. The lowest BCUT2D eigenvalue weighted by Crippen LogP contribution is -2.28. The fourth-order valence-corrected chi connectivity index (χ4v) is 3.21. The van der Waals surface area contributed by atoms with Crippen LogP contribution in [0.4, 0.5) is 0 Å². The standard InChI is InChI=1S/C19H32N2/c1-16(2)21(3)14-7-6-13-20-15-18-11-8-10-17-9-4-5-12-19(17)18/h4-5,9,12,16,18,20H,6-8,10-11,13-15H2,1-3H3. The summed E-state index contributed by atoms with van der Waals surface area (Å²) in [7, 11) is 2.22. The fourth-order valence-electron chi connectivity index (χ4n) is 3.21. The highest BCUT2D eigenvalue weighted by Gasteiger charge is 2.18. The van der Waals surface area contributed by atoms with Crippen molar-refractivity contribution < 1.29 is 0 Å². The average Bonchev–Trinajstić information content (AvgIpc) is 2.50. The molecule has 0 aliphatic heterocycles. The Morgan fingerprint density at radius 2 is 2.05 bits per heavy atom. The molecule has 1 aliphatic rings. The van der Waals surface area contributed by atoms with Gasteiger partial charge in [-0.2, -0.15) is 0 Å². The third kappa shape index (κ3) is 5.12. The van der Waals surface area contributed by atoms with Crippen molar-refractivity contribution in [2.45, 2.75) is 57.9 Å². The van der Waals surface area contributed by atoms with Crippen molar-refractivity contribution in [3.05, 3.63) is 35.4 Å². The highest BCUT2D eigenvalue weighted by Crippen LogP contribution is 2.30. The van der Waals surface area contributed by atoms with Crippen LogP contribution in [0.2, 0.25) is 0 Å². The molecule has 1 aliphatic carbocycles. The van der Waals surface area contributed by atoms with Crippen LogP contribution in [-0.4, -0.2) is 37.6 Å². The zero-order valence-electron chi connectivity index (χ0n) is 14.1. The number of hydrogen-bond donors (Lipinski definition) is 1. The Bertz CT molecular complexity index is 414. The van der Waals surface area contributed by atoms with Gasteiger partial charge in [0.05, 0.1) is 0 Å². The first-order chi connectivity index (χ1) is 10.2. The number of hydrogen-bond acceptors (Lipinski definition) is 2. The molecule has 0 aromatic heterocycles. The Balaban J connectivity index is 1.64. The van der Waals surface area contributed by atoms with Crippen LogP contribution < -0.4 is 5.32 Å². The van der Waals surface area contributed by atoms with E-state index in [-0.39, 0.29) is 0 Å². The van der Waals surface area contributed by atoms with Crippen LogP contribution in [-0.2, 0) is 6.42 Å². The number of nitrogens with one attached hydrogen (secondary N) is 1. The van der Waals surface area contributed by atoms with Gasteiger partial charge in [-0.15, -0.1) is 0 Å². The SMILES string of the molecule is CC(C)N(C)CCCCNCC1CCCc2ccccc21. The van der Waals surface area contributed by atoms with Gasteiger partial charge in [-0.05, 0) is 83.1 Å². The van der Waals surface area contributed by atoms with Crippen LogP contribution >= 0.6 is 0 Å². The molecule has 0 heterocycles. The van der Waals surface area contributed by atoms with Gasteiger partial charge >= 0.3 is 0 Å². The molecule has 0 fully saturated rings. The molecule has 1 aromatic rings. The summed E-state index contributed by atoms with van der Waals surface area (Å²) in [4.78, 5) is 2.43. The van der Waals surface area contributed by atoms with Crippen LogP contribution in [0.25, 0.3) is 0 Å². The predicted molar refractivity (Wildman–Crippen MR) is 92.0 cm³/mol. The van der Waals surface area contributed by atoms with E-state index >= 15 is 0 Å². The topological polar surface area (TPSA) is 15.3 Å². The number of benzene rings is 1. The molecule has 0 saturated heterocycles. The fraction of sp³-hybridized carbons (Fsp3) is 0.684. The Kier molecular flexibility index (Phi) is 6.72. The van der Waals surface area contributed by atoms with Crippen molar-refractivity contribution in [2.24, 2.45) is 0 Å². The largest absolute Gasteiger partial charge is 0.316 e. The third-order valence-electron chi connectivity index (χ3n) is 4.88. The van der Waals surface area contributed by atoms with Crippen LogP contribution in [0, 0.1) is 0 Å². The van der Waals surface area contributed by atoms with Crippen molar-refractivity contribution in [1.29, 1.82) is 0 Å². The van der Waals surface area contributed by atoms with Crippen LogP contribution in [0.1, 0.15) is 56.6 Å². The molecular formula is C19H32N2. The second-order valence-electron chi connectivity index (χ2n) is 6.77. The number of nitrogens with zero attached hydrogens (tertiary/aromatic N) is 1. The normalized spacial score (nSPS) is 18.2. The zero-order valence-corrected chi connectivity index (χ0v) is 14.1. The van der Waals surface area contributed by atoms with Gasteiger partial charge in [0.15, 0.2) is 0 Å². The van der Waals surface area contributed by atoms with E-state index < -0.39 is 0 Å². The minimum Gasteiger partial charge on any atom is -0.316 e. The van der Waals surface area contributed by atoms with E-state index in [0.717, 1.165) is 19.0 Å². The Morgan fingerprint density at radius 3 is 2.86 bits per heavy atom. The Labute approximate surface area is 130 Å². The molecular weight excluding hydrogens is 256 g/mol. The smallest absolute Gasteiger partial charge is 0.00355 e. The number of rotatable bonds is 8. The quantitative estimate of drug-likeness (QED) is 0.732. The summed E-state index contributed by atoms with van der Waals surface area (Å²) < 4.78 is 0. The summed E-state index contributed by atoms with van der Waals surface area (Å²) in [6.45, 7) is 8.05. The van der Waals surface area contributed by atoms with Crippen LogP contribution in [0.3, 0.4) is 0 Å². The summed E-state index contributed by atoms with van der Waals surface area (Å²) in [5.41, 5.74) is 3.17. The van der Waals surface area contributed by atoms with Crippen molar-refractivity contribution >= 4 is 0 Å². The Morgan fingerprint density at radius 1 is 1.24 bits per heavy atom. The number of fused-ring (bicyclic) bond motifs is 1. The van der Waals surface area contributed by atoms with E-state index in [1.54, 1.807) is 11.1 Å². The molecule has 0 bridgehead atoms. The van der Waals surface area contributed by atoms with Gasteiger partial charge in [0.1, 0.15) is 0 Å². The van der Waals surface area contributed by atoms with Gasteiger partial charge in [0.2, 0.25) is 0 Å². The van der Waals surface area contributed by atoms with Gasteiger partial charge < -0.3 is 10.2 Å². The first-order valence-electron chi connectivity index (χ1n) is 8.67. The molecule has 2 rings (SSSR count). The molecule has 118 valence electrons. The second-order valence-corrected chi connectivity index (χ2v) is 6.77. The maximum atomic E-state index is 3.68. The van der Waals surface area contributed by atoms with Crippen LogP contribution in [0.5, 0.6) is 0 Å². The first kappa shape index (κ1) is 16.5. The van der Waals surface area contributed by atoms with Crippen molar-refractivity contribution in [3.8, 4) is 0 Å². The van der Waals surface area contributed by atoms with Gasteiger partial charge in [-0.1, -0.05) is 24.3 Å². The summed E-state index contributed by atoms with van der Waals surface area (Å²) in [6, 6.07) is 9.68. The minimum atomic E-state index is 0.664. The van der Waals surface area contributed by atoms with Crippen molar-refractivity contribution in [2.75, 3.05) is 26.7 Å². The predicted octanol–water partition coefficient (Wildman–Crippen LogP) is 3.82. The average molecular weight is 288 g/mol. The summed E-state index contributed by atoms with van der Waals surface area (Å²) >= 11 is 0. The summed E-state index contributed by atoms with van der Waals surface area (Å²) in [5.74, 6) is 0.730. The van der Waals surface area contributed by atoms with Crippen LogP contribution in [0.15, 0.2) is 24.3 Å². The van der Waals surface area contributed by atoms with E-state index in [0.29, 0.717) is 6.04 Å². The minimum absolute atomic E-state index is 0.664. The molecule has 0 saturated carbocycles. The Hall–Kier alpha value is -0.860. The summed E-state index contributed by atoms with van der Waals surface area (Å²) in [6.07, 6.45) is 6.55. The van der Waals surface area contributed by atoms with E-state index in [1.165, 1.54) is 38.6 Å². The van der Waals surface area contributed by atoms with Gasteiger partial charge in [-0.3, -0.25) is 0 Å². The molecule has 0 radical (unpaired) electrons. The molecule has 21 heavy (non-hydrogen) atoms. The molecule has 1 unspecified atom stereocenters. The maximum absolute atomic E-state index is 3.68. The molecule has 1 atom stereocenters. The van der Waals surface area contributed by atoms with Gasteiger partial charge in [0.25, 0.3) is 0 Å². The zero-order chi connectivity index (χ0) is 15.1. The molecule has 1 N–H and O–H groups in total. The van der Waals surface area contributed by atoms with Crippen molar-refractivity contribution in [1.82, 2.24) is 10.2 Å². The van der Waals surface area contributed by atoms with E-state index in [9.17, 15) is 0 Å². The highest BCUT2D eigenvalue weighted by molar-refractivity contribution is 5.32. The number of aryl methyl sites for hydroxylation is 1. The third-order valence-corrected chi connectivity index (χ3v) is 4.88. The number of unbranched alkanes of at least 4 members (excludes halogenated alkanes) is 1. The lowest BCUT2D eigenvalue weighted by Gasteiger charge is -2.26. The van der Waals surface area contributed by atoms with E-state index in [1.807, 2.05) is 0 Å². The van der Waals surface area contributed by atoms with Gasteiger partial charge in [0, 0.05) is 12.6 Å².